The SMILES string of the molecule is Cc1nnc2ccc(-c3cccc(NC(=O)CN4C(=O)CCC4=O)c3)nn12. The number of anilines is 1. The van der Waals surface area contributed by atoms with Crippen LogP contribution in [0, 0.1) is 6.92 Å². The molecule has 3 heterocycles. The molecule has 0 bridgehead atoms. The second-order valence-corrected chi connectivity index (χ2v) is 6.24. The zero-order valence-corrected chi connectivity index (χ0v) is 14.5. The lowest BCUT2D eigenvalue weighted by Gasteiger charge is -2.13. The third-order valence-corrected chi connectivity index (χ3v) is 4.32. The van der Waals surface area contributed by atoms with Crippen LogP contribution in [-0.4, -0.2) is 49.0 Å². The van der Waals surface area contributed by atoms with E-state index in [1.54, 1.807) is 22.7 Å². The van der Waals surface area contributed by atoms with E-state index in [9.17, 15) is 14.4 Å². The van der Waals surface area contributed by atoms with Gasteiger partial charge in [0.1, 0.15) is 6.54 Å². The highest BCUT2D eigenvalue weighted by Gasteiger charge is 2.30. The van der Waals surface area contributed by atoms with Gasteiger partial charge in [0.15, 0.2) is 11.5 Å². The van der Waals surface area contributed by atoms with Crippen LogP contribution < -0.4 is 5.32 Å². The van der Waals surface area contributed by atoms with Crippen LogP contribution in [-0.2, 0) is 14.4 Å². The van der Waals surface area contributed by atoms with Crippen molar-refractivity contribution in [2.45, 2.75) is 19.8 Å². The first-order valence-corrected chi connectivity index (χ1v) is 8.44. The van der Waals surface area contributed by atoms with Gasteiger partial charge in [0.2, 0.25) is 17.7 Å². The Balaban J connectivity index is 1.53. The number of aromatic nitrogens is 4. The summed E-state index contributed by atoms with van der Waals surface area (Å²) in [6.07, 6.45) is 0.330. The van der Waals surface area contributed by atoms with Crippen molar-refractivity contribution in [2.75, 3.05) is 11.9 Å². The minimum Gasteiger partial charge on any atom is -0.325 e. The predicted octanol–water partition coefficient (Wildman–Crippen LogP) is 1.19. The maximum atomic E-state index is 12.2. The largest absolute Gasteiger partial charge is 0.325 e. The molecule has 0 radical (unpaired) electrons. The summed E-state index contributed by atoms with van der Waals surface area (Å²) in [5.74, 6) is -0.374. The van der Waals surface area contributed by atoms with Crippen LogP contribution in [0.5, 0.6) is 0 Å². The molecule has 2 aromatic heterocycles. The van der Waals surface area contributed by atoms with Crippen molar-refractivity contribution >= 4 is 29.1 Å². The van der Waals surface area contributed by atoms with Crippen LogP contribution in [0.25, 0.3) is 16.9 Å². The van der Waals surface area contributed by atoms with Crippen molar-refractivity contribution in [1.82, 2.24) is 24.7 Å². The van der Waals surface area contributed by atoms with Crippen LogP contribution in [0.4, 0.5) is 5.69 Å². The Hall–Kier alpha value is -3.62. The molecule has 1 N–H and O–H groups in total. The molecule has 0 unspecified atom stereocenters. The maximum Gasteiger partial charge on any atom is 0.244 e. The minimum absolute atomic E-state index is 0.165. The average molecular weight is 364 g/mol. The van der Waals surface area contributed by atoms with E-state index in [0.717, 1.165) is 10.5 Å². The fourth-order valence-corrected chi connectivity index (χ4v) is 2.95. The molecule has 1 saturated heterocycles. The number of aryl methyl sites for hydroxylation is 1. The van der Waals surface area contributed by atoms with Gasteiger partial charge in [-0.25, -0.2) is 0 Å². The Labute approximate surface area is 154 Å². The highest BCUT2D eigenvalue weighted by molar-refractivity contribution is 6.06. The summed E-state index contributed by atoms with van der Waals surface area (Å²) in [7, 11) is 0. The summed E-state index contributed by atoms with van der Waals surface area (Å²) in [4.78, 5) is 36.4. The number of hydrogen-bond acceptors (Lipinski definition) is 6. The van der Waals surface area contributed by atoms with E-state index in [4.69, 9.17) is 0 Å². The quantitative estimate of drug-likeness (QED) is 0.697. The Morgan fingerprint density at radius 3 is 2.67 bits per heavy atom. The van der Waals surface area contributed by atoms with Crippen LogP contribution in [0.15, 0.2) is 36.4 Å². The Kier molecular flexibility index (Phi) is 4.11. The molecule has 0 spiro atoms. The van der Waals surface area contributed by atoms with Gasteiger partial charge < -0.3 is 5.32 Å². The summed E-state index contributed by atoms with van der Waals surface area (Å²) < 4.78 is 1.64. The lowest BCUT2D eigenvalue weighted by molar-refractivity contribution is -0.141. The van der Waals surface area contributed by atoms with Gasteiger partial charge in [-0.15, -0.1) is 10.2 Å². The van der Waals surface area contributed by atoms with Crippen LogP contribution in [0.3, 0.4) is 0 Å². The fraction of sp³-hybridized carbons (Fsp3) is 0.222. The van der Waals surface area contributed by atoms with Crippen molar-refractivity contribution in [3.05, 3.63) is 42.2 Å². The van der Waals surface area contributed by atoms with E-state index in [1.807, 2.05) is 25.1 Å². The summed E-state index contributed by atoms with van der Waals surface area (Å²) >= 11 is 0. The normalized spacial score (nSPS) is 14.2. The molecule has 1 fully saturated rings. The molecule has 0 saturated carbocycles. The first-order chi connectivity index (χ1) is 13.0. The number of nitrogens with one attached hydrogen (secondary N) is 1. The highest BCUT2D eigenvalue weighted by Crippen LogP contribution is 2.21. The summed E-state index contributed by atoms with van der Waals surface area (Å²) in [5, 5.41) is 15.2. The van der Waals surface area contributed by atoms with Crippen molar-refractivity contribution < 1.29 is 14.4 Å². The zero-order valence-electron chi connectivity index (χ0n) is 14.5. The summed E-state index contributed by atoms with van der Waals surface area (Å²) in [6, 6.07) is 10.8. The smallest absolute Gasteiger partial charge is 0.244 e. The van der Waals surface area contributed by atoms with Crippen LogP contribution >= 0.6 is 0 Å². The van der Waals surface area contributed by atoms with E-state index in [1.165, 1.54) is 0 Å². The maximum absolute atomic E-state index is 12.2. The number of likely N-dealkylation sites (tertiary alicyclic amines) is 1. The number of fused-ring (bicyclic) bond motifs is 1. The number of hydrogen-bond donors (Lipinski definition) is 1. The Morgan fingerprint density at radius 1 is 1.11 bits per heavy atom. The Morgan fingerprint density at radius 2 is 1.89 bits per heavy atom. The number of carbonyl (C=O) groups is 3. The second kappa shape index (κ2) is 6.60. The van der Waals surface area contributed by atoms with Crippen LogP contribution in [0.1, 0.15) is 18.7 Å². The van der Waals surface area contributed by atoms with Gasteiger partial charge in [0.25, 0.3) is 0 Å². The van der Waals surface area contributed by atoms with Gasteiger partial charge in [-0.2, -0.15) is 9.61 Å². The van der Waals surface area contributed by atoms with E-state index < -0.39 is 5.91 Å². The molecule has 1 aliphatic rings. The first-order valence-electron chi connectivity index (χ1n) is 8.44. The van der Waals surface area contributed by atoms with Crippen molar-refractivity contribution in [3.63, 3.8) is 0 Å². The summed E-state index contributed by atoms with van der Waals surface area (Å²) in [5.41, 5.74) is 2.71. The van der Waals surface area contributed by atoms with Gasteiger partial charge in [-0.3, -0.25) is 19.3 Å². The number of imide groups is 1. The molecule has 3 aromatic rings. The van der Waals surface area contributed by atoms with Gasteiger partial charge in [-0.1, -0.05) is 12.1 Å². The molecule has 0 atom stereocenters. The molecule has 4 rings (SSSR count). The lowest BCUT2D eigenvalue weighted by Crippen LogP contribution is -2.36. The van der Waals surface area contributed by atoms with Crippen LogP contribution in [0.2, 0.25) is 0 Å². The first kappa shape index (κ1) is 16.8. The molecule has 9 heteroatoms. The summed E-state index contributed by atoms with van der Waals surface area (Å²) in [6.45, 7) is 1.54. The minimum atomic E-state index is -0.422. The van der Waals surface area contributed by atoms with E-state index in [2.05, 4.69) is 20.6 Å². The van der Waals surface area contributed by atoms with Gasteiger partial charge in [0.05, 0.1) is 5.69 Å². The Bertz CT molecular complexity index is 1060. The number of rotatable bonds is 4. The number of nitrogens with zero attached hydrogens (tertiary/aromatic N) is 5. The lowest BCUT2D eigenvalue weighted by atomic mass is 10.1. The predicted molar refractivity (Wildman–Crippen MR) is 95.5 cm³/mol. The second-order valence-electron chi connectivity index (χ2n) is 6.24. The molecule has 9 nitrogen and oxygen atoms in total. The van der Waals surface area contributed by atoms with Crippen molar-refractivity contribution in [2.24, 2.45) is 0 Å². The monoisotopic (exact) mass is 364 g/mol. The molecule has 136 valence electrons. The number of benzene rings is 1. The van der Waals surface area contributed by atoms with E-state index in [0.29, 0.717) is 22.9 Å². The molecule has 1 aromatic carbocycles. The fourth-order valence-electron chi connectivity index (χ4n) is 2.95. The standard InChI is InChI=1S/C18H16N6O3/c1-11-20-21-15-6-5-14(22-24(11)15)12-3-2-4-13(9-12)19-16(25)10-23-17(26)7-8-18(23)27/h2-6,9H,7-8,10H2,1H3,(H,19,25). The van der Waals surface area contributed by atoms with Gasteiger partial charge in [-0.05, 0) is 31.2 Å². The molecule has 3 amide bonds. The van der Waals surface area contributed by atoms with Crippen molar-refractivity contribution in [1.29, 1.82) is 0 Å². The molecular weight excluding hydrogens is 348 g/mol. The van der Waals surface area contributed by atoms with Crippen molar-refractivity contribution in [3.8, 4) is 11.3 Å². The number of amides is 3. The molecule has 27 heavy (non-hydrogen) atoms. The molecule has 1 aliphatic heterocycles. The third kappa shape index (κ3) is 3.26. The zero-order chi connectivity index (χ0) is 19.0. The highest BCUT2D eigenvalue weighted by atomic mass is 16.2. The van der Waals surface area contributed by atoms with E-state index in [-0.39, 0.29) is 31.2 Å². The van der Waals surface area contributed by atoms with Gasteiger partial charge >= 0.3 is 0 Å². The van der Waals surface area contributed by atoms with E-state index >= 15 is 0 Å². The average Bonchev–Trinajstić information content (AvgIpc) is 3.19. The topological polar surface area (TPSA) is 110 Å². The molecular formula is C18H16N6O3. The number of carbonyl (C=O) groups excluding carboxylic acids is 3. The van der Waals surface area contributed by atoms with Gasteiger partial charge in [0, 0.05) is 24.1 Å². The molecule has 0 aliphatic carbocycles. The third-order valence-electron chi connectivity index (χ3n) is 4.32.